The van der Waals surface area contributed by atoms with Crippen molar-refractivity contribution in [2.75, 3.05) is 18.4 Å². The second-order valence-corrected chi connectivity index (χ2v) is 8.16. The molecule has 2 aliphatic rings. The number of rotatable bonds is 4. The highest BCUT2D eigenvalue weighted by molar-refractivity contribution is 6.07. The Kier molecular flexibility index (Phi) is 7.76. The summed E-state index contributed by atoms with van der Waals surface area (Å²) in [6, 6.07) is 4.49. The highest BCUT2D eigenvalue weighted by Crippen LogP contribution is 2.18. The zero-order chi connectivity index (χ0) is 24.0. The van der Waals surface area contributed by atoms with Gasteiger partial charge >= 0.3 is 6.03 Å². The zero-order valence-electron chi connectivity index (χ0n) is 19.1. The molecule has 1 fully saturated rings. The second-order valence-electron chi connectivity index (χ2n) is 8.16. The van der Waals surface area contributed by atoms with Crippen LogP contribution in [0.25, 0.3) is 0 Å². The summed E-state index contributed by atoms with van der Waals surface area (Å²) in [5, 5.41) is 7.87. The summed E-state index contributed by atoms with van der Waals surface area (Å²) < 4.78 is 0. The third-order valence-electron chi connectivity index (χ3n) is 5.65. The molecule has 1 saturated heterocycles. The number of anilines is 1. The number of carbonyl (C=O) groups is 4. The van der Waals surface area contributed by atoms with E-state index in [1.54, 1.807) is 19.1 Å². The van der Waals surface area contributed by atoms with Crippen molar-refractivity contribution < 1.29 is 19.2 Å². The van der Waals surface area contributed by atoms with Gasteiger partial charge in [0.15, 0.2) is 0 Å². The molecule has 9 nitrogen and oxygen atoms in total. The molecule has 2 aliphatic heterocycles. The van der Waals surface area contributed by atoms with E-state index in [1.807, 2.05) is 38.1 Å². The summed E-state index contributed by atoms with van der Waals surface area (Å²) in [5.74, 6) is -0.746. The molecule has 0 aromatic heterocycles. The summed E-state index contributed by atoms with van der Waals surface area (Å²) in [6.45, 7) is 6.15. The van der Waals surface area contributed by atoms with Crippen LogP contribution in [0.5, 0.6) is 0 Å². The van der Waals surface area contributed by atoms with Crippen LogP contribution in [-0.2, 0) is 14.4 Å². The van der Waals surface area contributed by atoms with Crippen molar-refractivity contribution >= 4 is 35.3 Å². The molecule has 0 aliphatic carbocycles. The number of carbonyl (C=O) groups excluding carboxylic acids is 4. The first kappa shape index (κ1) is 23.9. The zero-order valence-corrected chi connectivity index (χ0v) is 19.1. The minimum Gasteiger partial charge on any atom is -0.334 e. The van der Waals surface area contributed by atoms with Gasteiger partial charge in [-0.15, -0.1) is 0 Å². The number of imide groups is 1. The van der Waals surface area contributed by atoms with Gasteiger partial charge in [-0.1, -0.05) is 24.3 Å². The fourth-order valence-corrected chi connectivity index (χ4v) is 3.68. The Balaban J connectivity index is 1.68. The van der Waals surface area contributed by atoms with Gasteiger partial charge < -0.3 is 10.6 Å². The quantitative estimate of drug-likeness (QED) is 0.609. The molecule has 33 heavy (non-hydrogen) atoms. The number of allylic oxidation sites excluding steroid dienone is 2. The molecule has 3 rings (SSSR count). The predicted molar refractivity (Wildman–Crippen MR) is 126 cm³/mol. The van der Waals surface area contributed by atoms with Crippen molar-refractivity contribution in [3.05, 3.63) is 53.1 Å². The highest BCUT2D eigenvalue weighted by Gasteiger charge is 2.36. The minimum absolute atomic E-state index is 0.00114. The van der Waals surface area contributed by atoms with Crippen LogP contribution < -0.4 is 16.0 Å². The molecular formula is C24H29N5O4. The number of amides is 5. The predicted octanol–water partition coefficient (Wildman–Crippen LogP) is 2.36. The first-order valence-corrected chi connectivity index (χ1v) is 10.9. The molecule has 5 amide bonds. The van der Waals surface area contributed by atoms with Crippen molar-refractivity contribution in [1.82, 2.24) is 15.5 Å². The molecule has 0 saturated carbocycles. The third kappa shape index (κ3) is 6.38. The molecule has 9 heteroatoms. The lowest BCUT2D eigenvalue weighted by molar-refractivity contribution is -0.142. The van der Waals surface area contributed by atoms with Crippen LogP contribution in [0.3, 0.4) is 0 Å². The van der Waals surface area contributed by atoms with Crippen LogP contribution in [0.2, 0.25) is 0 Å². The van der Waals surface area contributed by atoms with Gasteiger partial charge in [0.1, 0.15) is 11.9 Å². The van der Waals surface area contributed by atoms with Crippen molar-refractivity contribution in [3.8, 4) is 0 Å². The van der Waals surface area contributed by atoms with Gasteiger partial charge in [0.2, 0.25) is 17.7 Å². The van der Waals surface area contributed by atoms with Gasteiger partial charge in [0.25, 0.3) is 0 Å². The molecule has 1 aromatic rings. The van der Waals surface area contributed by atoms with E-state index in [4.69, 9.17) is 0 Å². The number of nitrogens with one attached hydrogen (secondary N) is 3. The van der Waals surface area contributed by atoms with Gasteiger partial charge in [0.05, 0.1) is 13.0 Å². The molecule has 1 atom stereocenters. The van der Waals surface area contributed by atoms with Crippen LogP contribution in [0.1, 0.15) is 37.3 Å². The lowest BCUT2D eigenvalue weighted by Gasteiger charge is -2.33. The van der Waals surface area contributed by atoms with E-state index in [0.29, 0.717) is 23.6 Å². The van der Waals surface area contributed by atoms with Crippen molar-refractivity contribution in [2.24, 2.45) is 4.99 Å². The number of hydrogen-bond acceptors (Lipinski definition) is 5. The van der Waals surface area contributed by atoms with E-state index in [1.165, 1.54) is 4.90 Å². The molecule has 0 radical (unpaired) electrons. The number of urea groups is 1. The number of aryl methyl sites for hydroxylation is 2. The largest absolute Gasteiger partial charge is 0.334 e. The average molecular weight is 452 g/mol. The van der Waals surface area contributed by atoms with E-state index in [-0.39, 0.29) is 43.7 Å². The molecule has 2 heterocycles. The third-order valence-corrected chi connectivity index (χ3v) is 5.65. The number of piperidine rings is 1. The van der Waals surface area contributed by atoms with Crippen LogP contribution in [0.15, 0.2) is 47.0 Å². The number of amidine groups is 1. The van der Waals surface area contributed by atoms with Crippen LogP contribution in [-0.4, -0.2) is 53.6 Å². The average Bonchev–Trinajstić information content (AvgIpc) is 2.75. The number of hydrogen-bond donors (Lipinski definition) is 3. The van der Waals surface area contributed by atoms with E-state index in [0.717, 1.165) is 11.1 Å². The standard InChI is InChI=1S/C24H29N5O4/c1-15-7-8-19(12-16(15)2)27-24(33)26-14-18-6-4-5-11-25-17(3)29(22(31)13-18)20-9-10-21(30)28-23(20)32/h4-8,12,20H,9-11,13-14H2,1-3H3,(H2,26,27,33)(H,28,30,32)/b5-4-,18-6+,25-17?. The second kappa shape index (κ2) is 10.7. The Morgan fingerprint density at radius 3 is 2.70 bits per heavy atom. The fraction of sp³-hybridized carbons (Fsp3) is 0.375. The summed E-state index contributed by atoms with van der Waals surface area (Å²) >= 11 is 0. The van der Waals surface area contributed by atoms with E-state index in [2.05, 4.69) is 20.9 Å². The van der Waals surface area contributed by atoms with Crippen LogP contribution in [0, 0.1) is 13.8 Å². The smallest absolute Gasteiger partial charge is 0.319 e. The van der Waals surface area contributed by atoms with Crippen LogP contribution >= 0.6 is 0 Å². The van der Waals surface area contributed by atoms with Crippen molar-refractivity contribution in [3.63, 3.8) is 0 Å². The van der Waals surface area contributed by atoms with Gasteiger partial charge in [0, 0.05) is 18.7 Å². The Bertz CT molecular complexity index is 1060. The maximum Gasteiger partial charge on any atom is 0.319 e. The van der Waals surface area contributed by atoms with Gasteiger partial charge in [-0.2, -0.15) is 0 Å². The maximum atomic E-state index is 13.2. The Morgan fingerprint density at radius 2 is 1.97 bits per heavy atom. The monoisotopic (exact) mass is 451 g/mol. The molecule has 1 unspecified atom stereocenters. The number of benzene rings is 1. The molecular weight excluding hydrogens is 422 g/mol. The highest BCUT2D eigenvalue weighted by atomic mass is 16.2. The molecule has 174 valence electrons. The molecule has 3 N–H and O–H groups in total. The first-order valence-electron chi connectivity index (χ1n) is 10.9. The Labute approximate surface area is 193 Å². The summed E-state index contributed by atoms with van der Waals surface area (Å²) in [6.07, 6.45) is 5.80. The van der Waals surface area contributed by atoms with E-state index < -0.39 is 11.9 Å². The SMILES string of the molecule is CC1=NC/C=C\C=C(\CNC(=O)Nc2ccc(C)c(C)c2)CC(=O)N1C1CCC(=O)NC1=O. The molecule has 0 spiro atoms. The number of aliphatic imine (C=N–C) groups is 1. The number of nitrogens with zero attached hydrogens (tertiary/aromatic N) is 2. The maximum absolute atomic E-state index is 13.2. The van der Waals surface area contributed by atoms with Crippen LogP contribution in [0.4, 0.5) is 10.5 Å². The van der Waals surface area contributed by atoms with Gasteiger partial charge in [-0.05, 0) is 56.0 Å². The molecule has 0 bridgehead atoms. The van der Waals surface area contributed by atoms with E-state index >= 15 is 0 Å². The topological polar surface area (TPSA) is 120 Å². The normalized spacial score (nSPS) is 22.0. The Hall–Kier alpha value is -3.75. The van der Waals surface area contributed by atoms with Crippen molar-refractivity contribution in [2.45, 2.75) is 46.1 Å². The lowest BCUT2D eigenvalue weighted by atomic mass is 10.0. The summed E-state index contributed by atoms with van der Waals surface area (Å²) in [7, 11) is 0. The van der Waals surface area contributed by atoms with Crippen molar-refractivity contribution in [1.29, 1.82) is 0 Å². The van der Waals surface area contributed by atoms with Gasteiger partial charge in [-0.3, -0.25) is 29.6 Å². The van der Waals surface area contributed by atoms with E-state index in [9.17, 15) is 19.2 Å². The summed E-state index contributed by atoms with van der Waals surface area (Å²) in [5.41, 5.74) is 3.57. The fourth-order valence-electron chi connectivity index (χ4n) is 3.68. The molecule has 1 aromatic carbocycles. The Morgan fingerprint density at radius 1 is 1.18 bits per heavy atom. The first-order chi connectivity index (χ1) is 15.7. The lowest BCUT2D eigenvalue weighted by Crippen LogP contribution is -2.56. The van der Waals surface area contributed by atoms with Gasteiger partial charge in [-0.25, -0.2) is 4.79 Å². The summed E-state index contributed by atoms with van der Waals surface area (Å²) in [4.78, 5) is 55.2. The minimum atomic E-state index is -0.787.